The van der Waals surface area contributed by atoms with Crippen molar-refractivity contribution in [2.75, 3.05) is 26.3 Å². The molecule has 3 aromatic rings. The van der Waals surface area contributed by atoms with E-state index in [4.69, 9.17) is 14.2 Å². The van der Waals surface area contributed by atoms with Gasteiger partial charge in [-0.2, -0.15) is 0 Å². The van der Waals surface area contributed by atoms with Gasteiger partial charge in [0.05, 0.1) is 13.2 Å². The van der Waals surface area contributed by atoms with Crippen molar-refractivity contribution in [3.63, 3.8) is 0 Å². The van der Waals surface area contributed by atoms with E-state index in [1.54, 1.807) is 6.92 Å². The zero-order valence-electron chi connectivity index (χ0n) is 25.0. The first-order chi connectivity index (χ1) is 20.1. The summed E-state index contributed by atoms with van der Waals surface area (Å²) < 4.78 is 16.4. The van der Waals surface area contributed by atoms with Crippen molar-refractivity contribution in [2.24, 2.45) is 0 Å². The minimum atomic E-state index is -0.535. The van der Waals surface area contributed by atoms with Gasteiger partial charge in [-0.3, -0.25) is 14.4 Å². The molecule has 0 saturated heterocycles. The Morgan fingerprint density at radius 3 is 2.14 bits per heavy atom. The first-order valence-corrected chi connectivity index (χ1v) is 14.4. The molecule has 0 saturated carbocycles. The lowest BCUT2D eigenvalue weighted by Crippen LogP contribution is -2.40. The first kappa shape index (κ1) is 32.3. The van der Waals surface area contributed by atoms with Crippen LogP contribution in [0, 0.1) is 0 Å². The van der Waals surface area contributed by atoms with Crippen LogP contribution in [0.5, 0.6) is 5.75 Å². The molecule has 8 heteroatoms. The zero-order valence-corrected chi connectivity index (χ0v) is 25.0. The van der Waals surface area contributed by atoms with Crippen LogP contribution in [0.1, 0.15) is 56.5 Å². The van der Waals surface area contributed by atoms with Gasteiger partial charge in [0.2, 0.25) is 0 Å². The topological polar surface area (TPSA) is 103 Å². The van der Waals surface area contributed by atoms with E-state index in [9.17, 15) is 14.4 Å². The summed E-state index contributed by atoms with van der Waals surface area (Å²) in [5.41, 5.74) is 3.17. The predicted octanol–water partition coefficient (Wildman–Crippen LogP) is 5.35. The number of esters is 2. The number of hydrogen-bond acceptors (Lipinski definition) is 7. The van der Waals surface area contributed by atoms with E-state index in [1.807, 2.05) is 99.6 Å². The Labute approximate surface area is 248 Å². The molecular formula is C34H42N2O6. The molecule has 0 spiro atoms. The summed E-state index contributed by atoms with van der Waals surface area (Å²) in [4.78, 5) is 36.9. The van der Waals surface area contributed by atoms with Gasteiger partial charge in [-0.1, -0.05) is 54.6 Å². The second-order valence-corrected chi connectivity index (χ2v) is 10.8. The third-order valence-electron chi connectivity index (χ3n) is 6.21. The van der Waals surface area contributed by atoms with Gasteiger partial charge in [0.25, 0.3) is 5.91 Å². The standard InChI is InChI=1S/C34H42N2O6/c1-5-40-33(39)30(35-21-9-12-31(37)42-34(2,3)4)24-25-13-19-29(20-14-25)41-23-22-36-32(38)28-17-15-27(16-18-28)26-10-7-6-8-11-26/h6-8,10-11,13-20,30,35H,5,9,12,21-24H2,1-4H3,(H,36,38). The van der Waals surface area contributed by atoms with Gasteiger partial charge in [-0.15, -0.1) is 0 Å². The average Bonchev–Trinajstić information content (AvgIpc) is 2.97. The molecule has 0 aromatic heterocycles. The fraction of sp³-hybridized carbons (Fsp3) is 0.382. The fourth-order valence-corrected chi connectivity index (χ4v) is 4.22. The van der Waals surface area contributed by atoms with Crippen LogP contribution in [0.2, 0.25) is 0 Å². The van der Waals surface area contributed by atoms with Gasteiger partial charge >= 0.3 is 11.9 Å². The van der Waals surface area contributed by atoms with Crippen LogP contribution in [-0.4, -0.2) is 55.8 Å². The zero-order chi connectivity index (χ0) is 30.4. The van der Waals surface area contributed by atoms with Crippen molar-refractivity contribution >= 4 is 17.8 Å². The van der Waals surface area contributed by atoms with Crippen LogP contribution in [0.15, 0.2) is 78.9 Å². The summed E-state index contributed by atoms with van der Waals surface area (Å²) in [5, 5.41) is 6.09. The van der Waals surface area contributed by atoms with Crippen molar-refractivity contribution in [1.82, 2.24) is 10.6 Å². The molecule has 0 aliphatic carbocycles. The van der Waals surface area contributed by atoms with E-state index >= 15 is 0 Å². The van der Waals surface area contributed by atoms with Crippen molar-refractivity contribution in [1.29, 1.82) is 0 Å². The Morgan fingerprint density at radius 1 is 0.833 bits per heavy atom. The fourth-order valence-electron chi connectivity index (χ4n) is 4.22. The second-order valence-electron chi connectivity index (χ2n) is 10.8. The molecule has 1 atom stereocenters. The summed E-state index contributed by atoms with van der Waals surface area (Å²) >= 11 is 0. The van der Waals surface area contributed by atoms with Crippen molar-refractivity contribution in [2.45, 2.75) is 58.6 Å². The van der Waals surface area contributed by atoms with E-state index in [0.717, 1.165) is 16.7 Å². The van der Waals surface area contributed by atoms with Gasteiger partial charge in [0.15, 0.2) is 0 Å². The lowest BCUT2D eigenvalue weighted by molar-refractivity contribution is -0.154. The number of nitrogens with one attached hydrogen (secondary N) is 2. The molecule has 0 aliphatic heterocycles. The predicted molar refractivity (Wildman–Crippen MR) is 163 cm³/mol. The van der Waals surface area contributed by atoms with Gasteiger partial charge < -0.3 is 24.8 Å². The molecule has 3 aromatic carbocycles. The van der Waals surface area contributed by atoms with Crippen LogP contribution in [0.4, 0.5) is 0 Å². The third-order valence-corrected chi connectivity index (χ3v) is 6.21. The lowest BCUT2D eigenvalue weighted by atomic mass is 10.0. The maximum absolute atomic E-state index is 12.5. The Bertz CT molecular complexity index is 1270. The largest absolute Gasteiger partial charge is 0.492 e. The molecule has 0 fully saturated rings. The highest BCUT2D eigenvalue weighted by Gasteiger charge is 2.20. The summed E-state index contributed by atoms with van der Waals surface area (Å²) in [6.07, 6.45) is 1.25. The number of carbonyl (C=O) groups excluding carboxylic acids is 3. The van der Waals surface area contributed by atoms with Crippen molar-refractivity contribution in [3.05, 3.63) is 90.0 Å². The van der Waals surface area contributed by atoms with Crippen molar-refractivity contribution < 1.29 is 28.6 Å². The summed E-state index contributed by atoms with van der Waals surface area (Å²) in [7, 11) is 0. The number of hydrogen-bond donors (Lipinski definition) is 2. The summed E-state index contributed by atoms with van der Waals surface area (Å²) in [6.45, 7) is 8.72. The number of rotatable bonds is 15. The van der Waals surface area contributed by atoms with E-state index < -0.39 is 11.6 Å². The molecular weight excluding hydrogens is 532 g/mol. The van der Waals surface area contributed by atoms with E-state index in [1.165, 1.54) is 0 Å². The summed E-state index contributed by atoms with van der Waals surface area (Å²) in [6, 6.07) is 24.5. The van der Waals surface area contributed by atoms with E-state index in [-0.39, 0.29) is 30.9 Å². The van der Waals surface area contributed by atoms with Crippen LogP contribution >= 0.6 is 0 Å². The minimum Gasteiger partial charge on any atom is -0.492 e. The van der Waals surface area contributed by atoms with Crippen LogP contribution in [-0.2, 0) is 25.5 Å². The molecule has 0 aliphatic rings. The number of ether oxygens (including phenoxy) is 3. The molecule has 224 valence electrons. The lowest BCUT2D eigenvalue weighted by Gasteiger charge is -2.20. The number of benzene rings is 3. The van der Waals surface area contributed by atoms with E-state index in [0.29, 0.717) is 43.9 Å². The van der Waals surface area contributed by atoms with Gasteiger partial charge in [0.1, 0.15) is 24.0 Å². The normalized spacial score (nSPS) is 11.8. The van der Waals surface area contributed by atoms with Crippen molar-refractivity contribution in [3.8, 4) is 16.9 Å². The van der Waals surface area contributed by atoms with Gasteiger partial charge in [-0.25, -0.2) is 0 Å². The maximum Gasteiger partial charge on any atom is 0.323 e. The highest BCUT2D eigenvalue weighted by molar-refractivity contribution is 5.94. The Balaban J connectivity index is 1.41. The van der Waals surface area contributed by atoms with Gasteiger partial charge in [0, 0.05) is 12.0 Å². The highest BCUT2D eigenvalue weighted by Crippen LogP contribution is 2.19. The molecule has 0 bridgehead atoms. The molecule has 0 radical (unpaired) electrons. The Hall–Kier alpha value is -4.17. The molecule has 3 rings (SSSR count). The average molecular weight is 575 g/mol. The van der Waals surface area contributed by atoms with Crippen LogP contribution < -0.4 is 15.4 Å². The SMILES string of the molecule is CCOC(=O)C(Cc1ccc(OCCNC(=O)c2ccc(-c3ccccc3)cc2)cc1)NCCCC(=O)OC(C)(C)C. The molecule has 2 N–H and O–H groups in total. The molecule has 42 heavy (non-hydrogen) atoms. The monoisotopic (exact) mass is 574 g/mol. The smallest absolute Gasteiger partial charge is 0.323 e. The quantitative estimate of drug-likeness (QED) is 0.186. The van der Waals surface area contributed by atoms with Gasteiger partial charge in [-0.05, 0) is 88.0 Å². The van der Waals surface area contributed by atoms with Crippen LogP contribution in [0.25, 0.3) is 11.1 Å². The molecule has 1 amide bonds. The Morgan fingerprint density at radius 2 is 1.50 bits per heavy atom. The maximum atomic E-state index is 12.5. The van der Waals surface area contributed by atoms with Crippen LogP contribution in [0.3, 0.4) is 0 Å². The first-order valence-electron chi connectivity index (χ1n) is 14.4. The summed E-state index contributed by atoms with van der Waals surface area (Å²) in [5.74, 6) is -0.0828. The van der Waals surface area contributed by atoms with E-state index in [2.05, 4.69) is 10.6 Å². The third kappa shape index (κ3) is 11.4. The molecule has 8 nitrogen and oxygen atoms in total. The minimum absolute atomic E-state index is 0.155. The number of carbonyl (C=O) groups is 3. The Kier molecular flexibility index (Phi) is 12.6. The molecule has 0 heterocycles. The second kappa shape index (κ2) is 16.3. The molecule has 1 unspecified atom stereocenters. The highest BCUT2D eigenvalue weighted by atomic mass is 16.6. The number of amides is 1.